The number of carbonyl (C=O) groups is 2. The Bertz CT molecular complexity index is 1030. The van der Waals surface area contributed by atoms with Gasteiger partial charge in [-0.2, -0.15) is 36.6 Å². The summed E-state index contributed by atoms with van der Waals surface area (Å²) in [6, 6.07) is 7.84. The number of halogens is 6. The van der Waals surface area contributed by atoms with Gasteiger partial charge in [0.2, 0.25) is 11.7 Å². The van der Waals surface area contributed by atoms with E-state index in [0.717, 1.165) is 17.1 Å². The first-order valence-electron chi connectivity index (χ1n) is 9.41. The molecule has 0 aliphatic carbocycles. The first kappa shape index (κ1) is 28.3. The number of aliphatic carboxylic acids is 1. The van der Waals surface area contributed by atoms with Gasteiger partial charge in [0.25, 0.3) is 0 Å². The van der Waals surface area contributed by atoms with E-state index in [2.05, 4.69) is 15.4 Å². The molecule has 184 valence electrons. The van der Waals surface area contributed by atoms with E-state index in [1.54, 1.807) is 6.07 Å². The van der Waals surface area contributed by atoms with E-state index in [9.17, 15) is 31.1 Å². The lowest BCUT2D eigenvalue weighted by molar-refractivity contribution is -0.192. The fourth-order valence-corrected chi connectivity index (χ4v) is 2.21. The zero-order valence-electron chi connectivity index (χ0n) is 17.8. The number of carbonyl (C=O) groups excluding carboxylic acids is 1. The molecule has 2 rings (SSSR count). The summed E-state index contributed by atoms with van der Waals surface area (Å²) >= 11 is 0. The molecule has 0 radical (unpaired) electrons. The van der Waals surface area contributed by atoms with Crippen LogP contribution >= 0.6 is 0 Å². The molecule has 0 aliphatic heterocycles. The molecule has 8 nitrogen and oxygen atoms in total. The number of hydrazine groups is 1. The van der Waals surface area contributed by atoms with Gasteiger partial charge in [-0.15, -0.1) is 0 Å². The lowest BCUT2D eigenvalue weighted by Crippen LogP contribution is -2.46. The van der Waals surface area contributed by atoms with Crippen LogP contribution in [0.5, 0.6) is 0 Å². The molecule has 1 aromatic heterocycles. The van der Waals surface area contributed by atoms with E-state index in [0.29, 0.717) is 6.54 Å². The molecule has 0 saturated carbocycles. The minimum atomic E-state index is -5.08. The molecule has 34 heavy (non-hydrogen) atoms. The van der Waals surface area contributed by atoms with Crippen molar-refractivity contribution >= 4 is 17.7 Å². The molecule has 1 amide bonds. The molecule has 0 bridgehead atoms. The normalized spacial score (nSPS) is 11.3. The lowest BCUT2D eigenvalue weighted by atomic mass is 10.1. The highest BCUT2D eigenvalue weighted by Crippen LogP contribution is 2.29. The molecular weight excluding hydrogens is 472 g/mol. The molecular formula is C20H19F6N5O3. The van der Waals surface area contributed by atoms with Crippen molar-refractivity contribution in [1.29, 1.82) is 5.26 Å². The summed E-state index contributed by atoms with van der Waals surface area (Å²) in [6.07, 6.45) is -8.49. The first-order chi connectivity index (χ1) is 15.6. The van der Waals surface area contributed by atoms with Crippen molar-refractivity contribution in [2.24, 2.45) is 5.92 Å². The number of nitrogens with one attached hydrogen (secondary N) is 1. The Balaban J connectivity index is 0.000000718. The maximum absolute atomic E-state index is 12.9. The van der Waals surface area contributed by atoms with E-state index in [1.807, 2.05) is 13.8 Å². The number of benzene rings is 1. The fraction of sp³-hybridized carbons (Fsp3) is 0.350. The number of nitrogens with zero attached hydrogens (tertiary/aromatic N) is 4. The molecule has 1 aromatic carbocycles. The third kappa shape index (κ3) is 9.41. The average molecular weight is 491 g/mol. The molecule has 0 spiro atoms. The molecule has 0 saturated heterocycles. The number of carboxylic acid groups (broad SMARTS) is 1. The van der Waals surface area contributed by atoms with Crippen molar-refractivity contribution in [3.05, 3.63) is 53.5 Å². The van der Waals surface area contributed by atoms with Crippen molar-refractivity contribution in [3.63, 3.8) is 0 Å². The SMILES string of the molecule is CC(C)CNN(C(=O)Cc1cccc(C(F)(F)F)c1)c1ccnc(C#N)n1.O=C(O)C(F)(F)F. The van der Waals surface area contributed by atoms with Crippen LogP contribution in [0.4, 0.5) is 32.2 Å². The van der Waals surface area contributed by atoms with Gasteiger partial charge in [-0.3, -0.25) is 4.79 Å². The highest BCUT2D eigenvalue weighted by Gasteiger charge is 2.38. The number of alkyl halides is 6. The van der Waals surface area contributed by atoms with Crippen LogP contribution in [0.25, 0.3) is 0 Å². The summed E-state index contributed by atoms with van der Waals surface area (Å²) in [6.45, 7) is 4.30. The second-order valence-electron chi connectivity index (χ2n) is 7.01. The predicted molar refractivity (Wildman–Crippen MR) is 106 cm³/mol. The Morgan fingerprint density at radius 1 is 1.18 bits per heavy atom. The van der Waals surface area contributed by atoms with Crippen molar-refractivity contribution < 1.29 is 41.0 Å². The van der Waals surface area contributed by atoms with Crippen molar-refractivity contribution in [3.8, 4) is 6.07 Å². The van der Waals surface area contributed by atoms with Gasteiger partial charge in [-0.1, -0.05) is 32.0 Å². The average Bonchev–Trinajstić information content (AvgIpc) is 2.73. The van der Waals surface area contributed by atoms with Gasteiger partial charge >= 0.3 is 18.3 Å². The van der Waals surface area contributed by atoms with Crippen molar-refractivity contribution in [2.75, 3.05) is 11.6 Å². The number of aromatic nitrogens is 2. The summed E-state index contributed by atoms with van der Waals surface area (Å²) in [7, 11) is 0. The number of nitriles is 1. The zero-order chi connectivity index (χ0) is 26.1. The molecule has 0 unspecified atom stereocenters. The Morgan fingerprint density at radius 3 is 2.29 bits per heavy atom. The van der Waals surface area contributed by atoms with Gasteiger partial charge < -0.3 is 5.11 Å². The standard InChI is InChI=1S/C18H18F3N5O.C2HF3O2/c1-12(2)11-24-26(16-6-7-23-15(10-22)25-16)17(27)9-13-4-3-5-14(8-13)18(19,20)21;3-2(4,5)1(6)7/h3-8,12,24H,9,11H2,1-2H3;(H,6,7). The van der Waals surface area contributed by atoms with E-state index >= 15 is 0 Å². The quantitative estimate of drug-likeness (QED) is 0.467. The molecule has 2 aromatic rings. The van der Waals surface area contributed by atoms with E-state index in [-0.39, 0.29) is 29.5 Å². The van der Waals surface area contributed by atoms with Crippen LogP contribution in [-0.4, -0.2) is 39.7 Å². The number of hydrogen-bond acceptors (Lipinski definition) is 6. The zero-order valence-corrected chi connectivity index (χ0v) is 17.8. The van der Waals surface area contributed by atoms with E-state index in [1.165, 1.54) is 24.4 Å². The number of anilines is 1. The Hall–Kier alpha value is -3.73. The maximum atomic E-state index is 12.9. The molecule has 0 aliphatic rings. The minimum absolute atomic E-state index is 0.115. The smallest absolute Gasteiger partial charge is 0.475 e. The first-order valence-corrected chi connectivity index (χ1v) is 9.41. The Morgan fingerprint density at radius 2 is 1.79 bits per heavy atom. The second kappa shape index (κ2) is 11.9. The van der Waals surface area contributed by atoms with Gasteiger partial charge in [0.15, 0.2) is 5.82 Å². The Labute approximate surface area is 189 Å². The summed E-state index contributed by atoms with van der Waals surface area (Å²) < 4.78 is 70.3. The van der Waals surface area contributed by atoms with Gasteiger partial charge in [0, 0.05) is 18.8 Å². The third-order valence-corrected chi connectivity index (χ3v) is 3.73. The van der Waals surface area contributed by atoms with Crippen LogP contribution in [0.2, 0.25) is 0 Å². The van der Waals surface area contributed by atoms with E-state index in [4.69, 9.17) is 15.2 Å². The summed E-state index contributed by atoms with van der Waals surface area (Å²) in [5.74, 6) is -3.02. The second-order valence-corrected chi connectivity index (χ2v) is 7.01. The van der Waals surface area contributed by atoms with Crippen molar-refractivity contribution in [1.82, 2.24) is 15.4 Å². The number of hydrogen-bond donors (Lipinski definition) is 2. The van der Waals surface area contributed by atoms with Gasteiger partial charge in [-0.05, 0) is 17.5 Å². The van der Waals surface area contributed by atoms with Crippen molar-refractivity contribution in [2.45, 2.75) is 32.6 Å². The lowest BCUT2D eigenvalue weighted by Gasteiger charge is -2.23. The van der Waals surface area contributed by atoms with E-state index < -0.39 is 29.8 Å². The predicted octanol–water partition coefficient (Wildman–Crippen LogP) is 3.74. The van der Waals surface area contributed by atoms with Crippen LogP contribution in [-0.2, 0) is 22.2 Å². The van der Waals surface area contributed by atoms with Crippen LogP contribution in [0.3, 0.4) is 0 Å². The monoisotopic (exact) mass is 491 g/mol. The van der Waals surface area contributed by atoms with Crippen LogP contribution < -0.4 is 10.4 Å². The van der Waals surface area contributed by atoms with Crippen LogP contribution in [0.15, 0.2) is 36.5 Å². The highest BCUT2D eigenvalue weighted by atomic mass is 19.4. The molecule has 2 N–H and O–H groups in total. The largest absolute Gasteiger partial charge is 0.490 e. The fourth-order valence-electron chi connectivity index (χ4n) is 2.21. The number of rotatable bonds is 6. The Kier molecular flexibility index (Phi) is 9.94. The summed E-state index contributed by atoms with van der Waals surface area (Å²) in [5, 5.41) is 17.2. The van der Waals surface area contributed by atoms with Crippen LogP contribution in [0.1, 0.15) is 30.8 Å². The number of carboxylic acids is 1. The maximum Gasteiger partial charge on any atom is 0.490 e. The van der Waals surface area contributed by atoms with Gasteiger partial charge in [0.05, 0.1) is 12.0 Å². The molecule has 0 atom stereocenters. The molecule has 0 fully saturated rings. The summed E-state index contributed by atoms with van der Waals surface area (Å²) in [4.78, 5) is 29.4. The van der Waals surface area contributed by atoms with Gasteiger partial charge in [-0.25, -0.2) is 20.2 Å². The highest BCUT2D eigenvalue weighted by molar-refractivity contribution is 5.93. The van der Waals surface area contributed by atoms with Gasteiger partial charge in [0.1, 0.15) is 6.07 Å². The molecule has 1 heterocycles. The molecule has 14 heteroatoms. The number of amides is 1. The summed E-state index contributed by atoms with van der Waals surface area (Å²) in [5.41, 5.74) is 2.32. The minimum Gasteiger partial charge on any atom is -0.475 e. The van der Waals surface area contributed by atoms with Crippen LogP contribution in [0, 0.1) is 17.2 Å². The topological polar surface area (TPSA) is 119 Å². The third-order valence-electron chi connectivity index (χ3n) is 3.73.